The van der Waals surface area contributed by atoms with Crippen LogP contribution in [0.3, 0.4) is 0 Å². The lowest BCUT2D eigenvalue weighted by atomic mass is 11.1. The average Bonchev–Trinajstić information content (AvgIpc) is 2.14. The fourth-order valence-corrected chi connectivity index (χ4v) is 0.611. The van der Waals surface area contributed by atoms with E-state index in [1.54, 1.807) is 0 Å². The summed E-state index contributed by atoms with van der Waals surface area (Å²) in [5, 5.41) is 0. The van der Waals surface area contributed by atoms with Crippen molar-refractivity contribution in [3.05, 3.63) is 0 Å². The lowest BCUT2D eigenvalue weighted by Gasteiger charge is -2.18. The first kappa shape index (κ1) is 9.85. The van der Waals surface area contributed by atoms with Gasteiger partial charge in [0.15, 0.2) is 27.2 Å². The summed E-state index contributed by atoms with van der Waals surface area (Å²) >= 11 is 0. The van der Waals surface area contributed by atoms with Crippen LogP contribution >= 0.6 is 0 Å². The van der Waals surface area contributed by atoms with Gasteiger partial charge in [0.1, 0.15) is 0 Å². The zero-order chi connectivity index (χ0) is 8.65. The predicted octanol–water partition coefficient (Wildman–Crippen LogP) is -0.157. The van der Waals surface area contributed by atoms with Gasteiger partial charge in [-0.3, -0.25) is 0 Å². The topological polar surface area (TPSA) is 55.4 Å². The van der Waals surface area contributed by atoms with Crippen molar-refractivity contribution in [3.8, 4) is 0 Å². The van der Waals surface area contributed by atoms with E-state index in [-0.39, 0.29) is 27.2 Å². The molecule has 0 spiro atoms. The average molecular weight is 180 g/mol. The summed E-state index contributed by atoms with van der Waals surface area (Å²) in [6, 6.07) is 0. The Balaban J connectivity index is 2.17. The Labute approximate surface area is 70.2 Å². The van der Waals surface area contributed by atoms with Crippen LogP contribution in [0.15, 0.2) is 0 Å². The highest BCUT2D eigenvalue weighted by molar-refractivity contribution is 4.19. The van der Waals surface area contributed by atoms with Crippen LogP contribution in [0.5, 0.6) is 0 Å². The molecule has 1 heterocycles. The standard InChI is InChI=1S/C6H12O6/c1-7-6-11-4-9-2-8-3-10-5-12-6/h6H,2-5H2,1H3. The zero-order valence-corrected chi connectivity index (χ0v) is 6.86. The lowest BCUT2D eigenvalue weighted by molar-refractivity contribution is -0.349. The van der Waals surface area contributed by atoms with Gasteiger partial charge < -0.3 is 28.4 Å². The van der Waals surface area contributed by atoms with Crippen molar-refractivity contribution < 1.29 is 28.4 Å². The molecule has 0 saturated carbocycles. The molecule has 1 rings (SSSR count). The van der Waals surface area contributed by atoms with Crippen LogP contribution in [-0.2, 0) is 28.4 Å². The van der Waals surface area contributed by atoms with E-state index in [4.69, 9.17) is 28.4 Å². The maximum Gasteiger partial charge on any atom is 0.275 e. The van der Waals surface area contributed by atoms with E-state index < -0.39 is 6.48 Å². The van der Waals surface area contributed by atoms with E-state index >= 15 is 0 Å². The van der Waals surface area contributed by atoms with Crippen molar-refractivity contribution in [1.29, 1.82) is 0 Å². The second-order valence-corrected chi connectivity index (χ2v) is 1.94. The van der Waals surface area contributed by atoms with Gasteiger partial charge in [-0.2, -0.15) is 0 Å². The molecule has 0 aromatic rings. The maximum atomic E-state index is 4.94. The van der Waals surface area contributed by atoms with Crippen molar-refractivity contribution in [2.45, 2.75) is 6.48 Å². The number of ether oxygens (including phenoxy) is 6. The third-order valence-electron chi connectivity index (χ3n) is 1.10. The Morgan fingerprint density at radius 2 is 1.42 bits per heavy atom. The van der Waals surface area contributed by atoms with E-state index in [9.17, 15) is 0 Å². The highest BCUT2D eigenvalue weighted by atomic mass is 16.9. The molecule has 1 fully saturated rings. The van der Waals surface area contributed by atoms with E-state index in [1.165, 1.54) is 7.11 Å². The summed E-state index contributed by atoms with van der Waals surface area (Å²) < 4.78 is 29.2. The fraction of sp³-hybridized carbons (Fsp3) is 1.00. The van der Waals surface area contributed by atoms with E-state index in [2.05, 4.69) is 0 Å². The monoisotopic (exact) mass is 180 g/mol. The zero-order valence-electron chi connectivity index (χ0n) is 6.86. The number of hydrogen-bond donors (Lipinski definition) is 0. The van der Waals surface area contributed by atoms with E-state index in [0.29, 0.717) is 0 Å². The molecule has 0 amide bonds. The van der Waals surface area contributed by atoms with Crippen molar-refractivity contribution in [3.63, 3.8) is 0 Å². The van der Waals surface area contributed by atoms with Crippen LogP contribution < -0.4 is 0 Å². The van der Waals surface area contributed by atoms with E-state index in [0.717, 1.165) is 0 Å². The van der Waals surface area contributed by atoms with Crippen molar-refractivity contribution >= 4 is 0 Å². The molecular formula is C6H12O6. The summed E-state index contributed by atoms with van der Waals surface area (Å²) in [4.78, 5) is 0. The normalized spacial score (nSPS) is 23.8. The van der Waals surface area contributed by atoms with Gasteiger partial charge in [-0.25, -0.2) is 0 Å². The minimum Gasteiger partial charge on any atom is -0.333 e. The minimum atomic E-state index is -0.747. The predicted molar refractivity (Wildman–Crippen MR) is 35.7 cm³/mol. The molecule has 1 aliphatic heterocycles. The smallest absolute Gasteiger partial charge is 0.275 e. The molecule has 72 valence electrons. The SMILES string of the molecule is COC1OCOCOCOCO1. The van der Waals surface area contributed by atoms with Crippen molar-refractivity contribution in [1.82, 2.24) is 0 Å². The summed E-state index contributed by atoms with van der Waals surface area (Å²) in [5.74, 6) is 0. The van der Waals surface area contributed by atoms with Crippen LogP contribution in [0.2, 0.25) is 0 Å². The number of methoxy groups -OCH3 is 1. The highest BCUT2D eigenvalue weighted by Gasteiger charge is 2.08. The van der Waals surface area contributed by atoms with Gasteiger partial charge in [0.25, 0.3) is 6.48 Å². The Morgan fingerprint density at radius 3 is 1.92 bits per heavy atom. The van der Waals surface area contributed by atoms with Gasteiger partial charge in [0, 0.05) is 7.11 Å². The largest absolute Gasteiger partial charge is 0.333 e. The molecule has 1 saturated heterocycles. The molecule has 12 heavy (non-hydrogen) atoms. The Morgan fingerprint density at radius 1 is 0.917 bits per heavy atom. The van der Waals surface area contributed by atoms with Crippen molar-refractivity contribution in [2.24, 2.45) is 0 Å². The maximum absolute atomic E-state index is 4.94. The van der Waals surface area contributed by atoms with Crippen LogP contribution in [0.1, 0.15) is 0 Å². The van der Waals surface area contributed by atoms with Gasteiger partial charge >= 0.3 is 0 Å². The minimum absolute atomic E-state index is 0.0680. The van der Waals surface area contributed by atoms with Gasteiger partial charge in [0.05, 0.1) is 0 Å². The molecule has 0 unspecified atom stereocenters. The number of rotatable bonds is 1. The molecule has 0 radical (unpaired) electrons. The molecule has 0 atom stereocenters. The van der Waals surface area contributed by atoms with Gasteiger partial charge in [0.2, 0.25) is 0 Å². The molecule has 1 aliphatic rings. The van der Waals surface area contributed by atoms with E-state index in [1.807, 2.05) is 0 Å². The molecule has 0 aliphatic carbocycles. The summed E-state index contributed by atoms with van der Waals surface area (Å²) in [6.45, 7) is -0.341. The summed E-state index contributed by atoms with van der Waals surface area (Å²) in [7, 11) is 1.47. The van der Waals surface area contributed by atoms with Gasteiger partial charge in [-0.1, -0.05) is 0 Å². The van der Waals surface area contributed by atoms with Crippen LogP contribution in [0, 0.1) is 0 Å². The first-order valence-corrected chi connectivity index (χ1v) is 3.42. The molecule has 0 N–H and O–H groups in total. The quantitative estimate of drug-likeness (QED) is 0.559. The van der Waals surface area contributed by atoms with Crippen LogP contribution in [0.25, 0.3) is 0 Å². The second kappa shape index (κ2) is 6.30. The van der Waals surface area contributed by atoms with Crippen molar-refractivity contribution in [2.75, 3.05) is 34.3 Å². The Hall–Kier alpha value is -0.240. The summed E-state index contributed by atoms with van der Waals surface area (Å²) in [5.41, 5.74) is 0. The first-order valence-electron chi connectivity index (χ1n) is 3.42. The first-order chi connectivity index (χ1) is 5.93. The molecule has 0 bridgehead atoms. The molecule has 6 nitrogen and oxygen atoms in total. The molecule has 0 aromatic heterocycles. The highest BCUT2D eigenvalue weighted by Crippen LogP contribution is 1.98. The van der Waals surface area contributed by atoms with Crippen LogP contribution in [-0.4, -0.2) is 40.8 Å². The number of hydrogen-bond acceptors (Lipinski definition) is 6. The third-order valence-corrected chi connectivity index (χ3v) is 1.10. The fourth-order valence-electron chi connectivity index (χ4n) is 0.611. The molecule has 6 heteroatoms. The van der Waals surface area contributed by atoms with Gasteiger partial charge in [-0.15, -0.1) is 0 Å². The Bertz CT molecular complexity index is 98.2. The van der Waals surface area contributed by atoms with Gasteiger partial charge in [-0.05, 0) is 0 Å². The summed E-state index contributed by atoms with van der Waals surface area (Å²) in [6.07, 6.45) is 0. The molecule has 0 aromatic carbocycles. The van der Waals surface area contributed by atoms with Crippen LogP contribution in [0.4, 0.5) is 0 Å². The second-order valence-electron chi connectivity index (χ2n) is 1.94. The molecular weight excluding hydrogens is 168 g/mol. The Kier molecular flexibility index (Phi) is 5.16. The lowest BCUT2D eigenvalue weighted by Crippen LogP contribution is -2.24. The third kappa shape index (κ3) is 3.96.